The summed E-state index contributed by atoms with van der Waals surface area (Å²) in [5, 5.41) is 107. The van der Waals surface area contributed by atoms with Crippen molar-refractivity contribution in [2.45, 2.75) is 125 Å². The summed E-state index contributed by atoms with van der Waals surface area (Å²) in [5.41, 5.74) is -2.11. The minimum Gasteiger partial charge on any atom is -0.394 e. The van der Waals surface area contributed by atoms with Gasteiger partial charge in [-0.1, -0.05) is 25.6 Å². The van der Waals surface area contributed by atoms with Crippen LogP contribution in [-0.2, 0) is 14.3 Å². The number of likely N-dealkylation sites (N-methyl/N-ethyl adjacent to an activating group) is 1. The third kappa shape index (κ3) is 8.39. The molecule has 16 heteroatoms. The van der Waals surface area contributed by atoms with Crippen molar-refractivity contribution >= 4 is 23.5 Å². The maximum atomic E-state index is 13.1. The molecule has 0 aromatic carbocycles. The van der Waals surface area contributed by atoms with Crippen molar-refractivity contribution in [3.63, 3.8) is 0 Å². The van der Waals surface area contributed by atoms with Gasteiger partial charge in [-0.05, 0) is 39.7 Å². The molecule has 0 spiro atoms. The highest BCUT2D eigenvalue weighted by molar-refractivity contribution is 7.79. The van der Waals surface area contributed by atoms with Gasteiger partial charge in [0, 0.05) is 11.9 Å². The number of thiocarbonyl (C=S) groups is 1. The van der Waals surface area contributed by atoms with Gasteiger partial charge >= 0.3 is 0 Å². The molecule has 2 aliphatic heterocycles. The standard InChI is InChI=1S/C26H48N2O13S/c1-5-6-12-7-13(28(4)8-12)24(39)27-15(11(2)30)17(33)20(36)23(38)26(3,10-42)41-25-21(37)18(34)19(35)22(40-25)16(32)14(31)9-29/h10-23,25,29-38H,5-9H2,1-4H3,(H,27,39)/t11-,12?,13?,14?,15+,16?,17-,18?,19?,20+,21?,22?,23+,25?,26+/m1/s1. The number of carbonyl (C=O) groups excluding carboxylic acids is 1. The Labute approximate surface area is 250 Å². The maximum absolute atomic E-state index is 13.1. The SMILES string of the molecule is CCCC1CC(C(=O)N[C@H]([C@@H](O)[C@H](O)[C@H](O)[C@](C)(C=S)OC2OC(C(O)C(O)CO)C(O)C(O)C2O)[C@@H](C)O)N(C)C1. The molecule has 0 aromatic rings. The Morgan fingerprint density at radius 2 is 1.74 bits per heavy atom. The van der Waals surface area contributed by atoms with Gasteiger partial charge in [0.05, 0.1) is 24.8 Å². The first kappa shape index (κ1) is 37.2. The van der Waals surface area contributed by atoms with E-state index < -0.39 is 97.5 Å². The van der Waals surface area contributed by atoms with Gasteiger partial charge in [0.25, 0.3) is 0 Å². The Hall–Kier alpha value is -0.960. The zero-order valence-corrected chi connectivity index (χ0v) is 25.1. The molecule has 246 valence electrons. The number of nitrogens with one attached hydrogen (secondary N) is 1. The summed E-state index contributed by atoms with van der Waals surface area (Å²) in [6.45, 7) is 4.27. The Morgan fingerprint density at radius 1 is 1.12 bits per heavy atom. The summed E-state index contributed by atoms with van der Waals surface area (Å²) in [6.07, 6.45) is -18.3. The number of aliphatic hydroxyl groups is 10. The van der Waals surface area contributed by atoms with E-state index in [4.69, 9.17) is 26.8 Å². The number of carbonyl (C=O) groups is 1. The molecule has 2 fully saturated rings. The zero-order chi connectivity index (χ0) is 32.1. The molecule has 0 saturated carbocycles. The molecular formula is C26H48N2O13S. The number of hydrogen-bond acceptors (Lipinski definition) is 15. The molecule has 2 saturated heterocycles. The predicted molar refractivity (Wildman–Crippen MR) is 150 cm³/mol. The van der Waals surface area contributed by atoms with Crippen LogP contribution in [0.1, 0.15) is 40.0 Å². The minimum atomic E-state index is -2.11. The average Bonchev–Trinajstić information content (AvgIpc) is 3.33. The Bertz CT molecular complexity index is 870. The van der Waals surface area contributed by atoms with Crippen LogP contribution in [-0.4, -0.2) is 172 Å². The molecule has 15 nitrogen and oxygen atoms in total. The summed E-state index contributed by atoms with van der Waals surface area (Å²) < 4.78 is 11.0. The number of rotatable bonds is 15. The summed E-state index contributed by atoms with van der Waals surface area (Å²) >= 11 is 4.98. The monoisotopic (exact) mass is 628 g/mol. The number of likely N-dealkylation sites (tertiary alicyclic amines) is 1. The summed E-state index contributed by atoms with van der Waals surface area (Å²) in [6, 6.07) is -1.95. The second-order valence-electron chi connectivity index (χ2n) is 11.6. The fraction of sp³-hybridized carbons (Fsp3) is 0.923. The van der Waals surface area contributed by atoms with E-state index in [0.29, 0.717) is 18.9 Å². The van der Waals surface area contributed by atoms with E-state index in [1.54, 1.807) is 7.05 Å². The van der Waals surface area contributed by atoms with Gasteiger partial charge in [0.1, 0.15) is 60.5 Å². The zero-order valence-electron chi connectivity index (χ0n) is 24.2. The fourth-order valence-electron chi connectivity index (χ4n) is 5.52. The molecular weight excluding hydrogens is 580 g/mol. The van der Waals surface area contributed by atoms with Crippen molar-refractivity contribution in [2.24, 2.45) is 5.92 Å². The highest BCUT2D eigenvalue weighted by Gasteiger charge is 2.52. The van der Waals surface area contributed by atoms with Crippen molar-refractivity contribution in [3.8, 4) is 0 Å². The number of amides is 1. The molecule has 11 N–H and O–H groups in total. The van der Waals surface area contributed by atoms with Crippen LogP contribution in [0.25, 0.3) is 0 Å². The third-order valence-corrected chi connectivity index (χ3v) is 8.69. The topological polar surface area (TPSA) is 253 Å². The molecule has 0 aromatic heterocycles. The van der Waals surface area contributed by atoms with Crippen molar-refractivity contribution in [2.75, 3.05) is 20.2 Å². The number of nitrogens with zero attached hydrogens (tertiary/aromatic N) is 1. The van der Waals surface area contributed by atoms with Crippen LogP contribution in [0.3, 0.4) is 0 Å². The van der Waals surface area contributed by atoms with E-state index in [-0.39, 0.29) is 0 Å². The molecule has 9 unspecified atom stereocenters. The molecule has 2 aliphatic rings. The van der Waals surface area contributed by atoms with E-state index in [1.165, 1.54) is 6.92 Å². The molecule has 2 heterocycles. The van der Waals surface area contributed by atoms with Gasteiger partial charge < -0.3 is 65.9 Å². The van der Waals surface area contributed by atoms with Gasteiger partial charge in [-0.25, -0.2) is 0 Å². The van der Waals surface area contributed by atoms with Crippen LogP contribution < -0.4 is 5.32 Å². The average molecular weight is 629 g/mol. The Kier molecular flexibility index (Phi) is 14.1. The smallest absolute Gasteiger partial charge is 0.237 e. The second kappa shape index (κ2) is 15.9. The third-order valence-electron chi connectivity index (χ3n) is 8.22. The lowest BCUT2D eigenvalue weighted by molar-refractivity contribution is -0.337. The van der Waals surface area contributed by atoms with E-state index in [2.05, 4.69) is 5.32 Å². The summed E-state index contributed by atoms with van der Waals surface area (Å²) in [4.78, 5) is 14.9. The van der Waals surface area contributed by atoms with Gasteiger partial charge in [-0.3, -0.25) is 9.69 Å². The Balaban J connectivity index is 2.19. The molecule has 0 radical (unpaired) electrons. The van der Waals surface area contributed by atoms with Crippen LogP contribution in [0.4, 0.5) is 0 Å². The van der Waals surface area contributed by atoms with Gasteiger partial charge in [-0.2, -0.15) is 0 Å². The van der Waals surface area contributed by atoms with E-state index in [1.807, 2.05) is 11.8 Å². The molecule has 1 amide bonds. The first-order valence-electron chi connectivity index (χ1n) is 14.1. The first-order chi connectivity index (χ1) is 19.5. The fourth-order valence-corrected chi connectivity index (χ4v) is 5.71. The van der Waals surface area contributed by atoms with Crippen LogP contribution in [0.15, 0.2) is 0 Å². The van der Waals surface area contributed by atoms with Crippen molar-refractivity contribution < 1.29 is 65.3 Å². The van der Waals surface area contributed by atoms with E-state index in [9.17, 15) is 50.8 Å². The van der Waals surface area contributed by atoms with Gasteiger partial charge in [0.15, 0.2) is 6.29 Å². The predicted octanol–water partition coefficient (Wildman–Crippen LogP) is -4.65. The van der Waals surface area contributed by atoms with Crippen molar-refractivity contribution in [1.82, 2.24) is 10.2 Å². The quantitative estimate of drug-likeness (QED) is 0.0763. The summed E-state index contributed by atoms with van der Waals surface area (Å²) in [5.74, 6) is -0.166. The van der Waals surface area contributed by atoms with Crippen LogP contribution in [0.2, 0.25) is 0 Å². The number of ether oxygens (including phenoxy) is 2. The maximum Gasteiger partial charge on any atom is 0.237 e. The van der Waals surface area contributed by atoms with Crippen LogP contribution >= 0.6 is 12.2 Å². The van der Waals surface area contributed by atoms with Gasteiger partial charge in [0.2, 0.25) is 5.91 Å². The number of hydrogen-bond donors (Lipinski definition) is 11. The molecule has 2 rings (SSSR count). The largest absolute Gasteiger partial charge is 0.394 e. The van der Waals surface area contributed by atoms with Crippen molar-refractivity contribution in [1.29, 1.82) is 0 Å². The van der Waals surface area contributed by atoms with E-state index >= 15 is 0 Å². The minimum absolute atomic E-state index is 0.308. The molecule has 42 heavy (non-hydrogen) atoms. The lowest BCUT2D eigenvalue weighted by Crippen LogP contribution is -2.66. The lowest BCUT2D eigenvalue weighted by Gasteiger charge is -2.46. The Morgan fingerprint density at radius 3 is 2.26 bits per heavy atom. The molecule has 0 aliphatic carbocycles. The normalized spacial score (nSPS) is 35.3. The van der Waals surface area contributed by atoms with Crippen molar-refractivity contribution in [3.05, 3.63) is 0 Å². The molecule has 15 atom stereocenters. The van der Waals surface area contributed by atoms with Gasteiger partial charge in [-0.15, -0.1) is 0 Å². The second-order valence-corrected chi connectivity index (χ2v) is 11.9. The lowest BCUT2D eigenvalue weighted by atomic mass is 9.88. The number of aliphatic hydroxyl groups excluding tert-OH is 10. The van der Waals surface area contributed by atoms with Crippen LogP contribution in [0.5, 0.6) is 0 Å². The molecule has 0 bridgehead atoms. The highest BCUT2D eigenvalue weighted by Crippen LogP contribution is 2.31. The van der Waals surface area contributed by atoms with Crippen LogP contribution in [0, 0.1) is 5.92 Å². The highest BCUT2D eigenvalue weighted by atomic mass is 32.1. The first-order valence-corrected chi connectivity index (χ1v) is 14.5. The summed E-state index contributed by atoms with van der Waals surface area (Å²) in [7, 11) is 1.79. The van der Waals surface area contributed by atoms with E-state index in [0.717, 1.165) is 25.1 Å².